The van der Waals surface area contributed by atoms with Crippen LogP contribution in [0.1, 0.15) is 10.7 Å². The molecule has 0 amide bonds. The second-order valence-electron chi connectivity index (χ2n) is 3.73. The molecule has 1 N–H and O–H groups in total. The standard InChI is InChI=1S/C13H9BrFN3S/c1-8-7-19-13(18-8)9(5-16)6-17-12-3-2-10(14)4-11(12)15/h2-4,6-7,17H,1H3/b9-6+. The number of thiazole rings is 1. The number of rotatable bonds is 3. The number of allylic oxidation sites excluding steroid dienone is 1. The molecular formula is C13H9BrFN3S. The van der Waals surface area contributed by atoms with Gasteiger partial charge in [-0.1, -0.05) is 15.9 Å². The highest BCUT2D eigenvalue weighted by Gasteiger charge is 2.06. The van der Waals surface area contributed by atoms with Crippen LogP contribution in [0, 0.1) is 24.1 Å². The highest BCUT2D eigenvalue weighted by Crippen LogP contribution is 2.22. The van der Waals surface area contributed by atoms with Gasteiger partial charge in [0.25, 0.3) is 0 Å². The monoisotopic (exact) mass is 337 g/mol. The third-order valence-corrected chi connectivity index (χ3v) is 3.76. The van der Waals surface area contributed by atoms with Gasteiger partial charge in [0.05, 0.1) is 5.69 Å². The predicted octanol–water partition coefficient (Wildman–Crippen LogP) is 4.33. The number of hydrogen-bond donors (Lipinski definition) is 1. The number of nitrogens with one attached hydrogen (secondary N) is 1. The fourth-order valence-corrected chi connectivity index (χ4v) is 2.47. The normalized spacial score (nSPS) is 11.2. The zero-order chi connectivity index (χ0) is 13.8. The van der Waals surface area contributed by atoms with Gasteiger partial charge in [0.15, 0.2) is 0 Å². The van der Waals surface area contributed by atoms with Crippen molar-refractivity contribution in [1.29, 1.82) is 5.26 Å². The molecule has 3 nitrogen and oxygen atoms in total. The smallest absolute Gasteiger partial charge is 0.147 e. The molecule has 0 spiro atoms. The van der Waals surface area contributed by atoms with Crippen LogP contribution in [0.15, 0.2) is 34.3 Å². The molecule has 2 aromatic rings. The van der Waals surface area contributed by atoms with Crippen molar-refractivity contribution in [2.45, 2.75) is 6.92 Å². The summed E-state index contributed by atoms with van der Waals surface area (Å²) in [6.45, 7) is 1.86. The lowest BCUT2D eigenvalue weighted by Crippen LogP contribution is -1.94. The van der Waals surface area contributed by atoms with Gasteiger partial charge < -0.3 is 5.32 Å². The number of aryl methyl sites for hydroxylation is 1. The van der Waals surface area contributed by atoms with Crippen LogP contribution in [0.3, 0.4) is 0 Å². The average Bonchev–Trinajstić information content (AvgIpc) is 2.79. The summed E-state index contributed by atoms with van der Waals surface area (Å²) < 4.78 is 14.3. The van der Waals surface area contributed by atoms with Crippen molar-refractivity contribution in [3.63, 3.8) is 0 Å². The van der Waals surface area contributed by atoms with Crippen molar-refractivity contribution in [2.24, 2.45) is 0 Å². The van der Waals surface area contributed by atoms with Gasteiger partial charge in [-0.15, -0.1) is 11.3 Å². The van der Waals surface area contributed by atoms with Crippen LogP contribution < -0.4 is 5.32 Å². The summed E-state index contributed by atoms with van der Waals surface area (Å²) in [4.78, 5) is 4.22. The van der Waals surface area contributed by atoms with Crippen LogP contribution in [0.5, 0.6) is 0 Å². The maximum Gasteiger partial charge on any atom is 0.147 e. The second-order valence-corrected chi connectivity index (χ2v) is 5.51. The number of nitriles is 1. The Morgan fingerprint density at radius 3 is 2.95 bits per heavy atom. The molecule has 0 atom stereocenters. The van der Waals surface area contributed by atoms with E-state index in [1.807, 2.05) is 18.4 Å². The number of nitrogens with zero attached hydrogens (tertiary/aromatic N) is 2. The zero-order valence-corrected chi connectivity index (χ0v) is 12.3. The molecule has 1 aromatic carbocycles. The van der Waals surface area contributed by atoms with Gasteiger partial charge >= 0.3 is 0 Å². The van der Waals surface area contributed by atoms with E-state index in [0.717, 1.165) is 5.69 Å². The number of anilines is 1. The fourth-order valence-electron chi connectivity index (χ4n) is 1.38. The van der Waals surface area contributed by atoms with Crippen LogP contribution in [0.25, 0.3) is 5.57 Å². The van der Waals surface area contributed by atoms with Gasteiger partial charge in [-0.2, -0.15) is 5.26 Å². The quantitative estimate of drug-likeness (QED) is 0.848. The van der Waals surface area contributed by atoms with E-state index in [1.165, 1.54) is 23.6 Å². The van der Waals surface area contributed by atoms with E-state index in [1.54, 1.807) is 12.1 Å². The van der Waals surface area contributed by atoms with Crippen LogP contribution in [-0.2, 0) is 0 Å². The molecule has 0 saturated heterocycles. The first-order chi connectivity index (χ1) is 9.10. The van der Waals surface area contributed by atoms with Crippen LogP contribution in [0.4, 0.5) is 10.1 Å². The van der Waals surface area contributed by atoms with E-state index in [9.17, 15) is 4.39 Å². The maximum absolute atomic E-state index is 13.6. The summed E-state index contributed by atoms with van der Waals surface area (Å²) in [5.41, 5.74) is 1.54. The lowest BCUT2D eigenvalue weighted by Gasteiger charge is -2.03. The van der Waals surface area contributed by atoms with Gasteiger partial charge in [0, 0.05) is 21.7 Å². The average molecular weight is 338 g/mol. The maximum atomic E-state index is 13.6. The van der Waals surface area contributed by atoms with E-state index < -0.39 is 5.82 Å². The van der Waals surface area contributed by atoms with Gasteiger partial charge in [-0.3, -0.25) is 0 Å². The Morgan fingerprint density at radius 2 is 2.37 bits per heavy atom. The summed E-state index contributed by atoms with van der Waals surface area (Å²) >= 11 is 4.57. The van der Waals surface area contributed by atoms with Crippen LogP contribution >= 0.6 is 27.3 Å². The first-order valence-electron chi connectivity index (χ1n) is 5.34. The molecular weight excluding hydrogens is 329 g/mol. The Bertz CT molecular complexity index is 673. The Hall–Kier alpha value is -1.71. The first kappa shape index (κ1) is 13.7. The zero-order valence-electron chi connectivity index (χ0n) is 9.95. The van der Waals surface area contributed by atoms with E-state index in [2.05, 4.69) is 26.2 Å². The second kappa shape index (κ2) is 5.95. The summed E-state index contributed by atoms with van der Waals surface area (Å²) in [6.07, 6.45) is 1.46. The van der Waals surface area contributed by atoms with Crippen molar-refractivity contribution in [3.8, 4) is 6.07 Å². The summed E-state index contributed by atoms with van der Waals surface area (Å²) in [5, 5.41) is 14.4. The summed E-state index contributed by atoms with van der Waals surface area (Å²) in [6, 6.07) is 6.72. The molecule has 6 heteroatoms. The molecule has 96 valence electrons. The highest BCUT2D eigenvalue weighted by molar-refractivity contribution is 9.10. The van der Waals surface area contributed by atoms with Crippen molar-refractivity contribution in [1.82, 2.24) is 4.98 Å². The van der Waals surface area contributed by atoms with Crippen molar-refractivity contribution in [3.05, 3.63) is 50.8 Å². The Balaban J connectivity index is 2.23. The SMILES string of the molecule is Cc1csc(/C(C#N)=C/Nc2ccc(Br)cc2F)n1. The van der Waals surface area contributed by atoms with Crippen molar-refractivity contribution < 1.29 is 4.39 Å². The number of hydrogen-bond acceptors (Lipinski definition) is 4. The molecule has 0 aliphatic rings. The molecule has 0 unspecified atom stereocenters. The topological polar surface area (TPSA) is 48.7 Å². The Labute approximate surface area is 122 Å². The largest absolute Gasteiger partial charge is 0.358 e. The lowest BCUT2D eigenvalue weighted by molar-refractivity contribution is 0.631. The number of benzene rings is 1. The minimum atomic E-state index is -0.391. The van der Waals surface area contributed by atoms with Crippen molar-refractivity contribution in [2.75, 3.05) is 5.32 Å². The molecule has 0 radical (unpaired) electrons. The predicted molar refractivity (Wildman–Crippen MR) is 78.2 cm³/mol. The molecule has 0 fully saturated rings. The molecule has 0 aliphatic carbocycles. The molecule has 1 aromatic heterocycles. The summed E-state index contributed by atoms with van der Waals surface area (Å²) in [7, 11) is 0. The van der Waals surface area contributed by atoms with Crippen molar-refractivity contribution >= 4 is 38.5 Å². The minimum Gasteiger partial charge on any atom is -0.358 e. The minimum absolute atomic E-state index is 0.309. The third-order valence-electron chi connectivity index (χ3n) is 2.27. The Kier molecular flexibility index (Phi) is 4.30. The molecule has 2 rings (SSSR count). The summed E-state index contributed by atoms with van der Waals surface area (Å²) in [5.74, 6) is -0.391. The molecule has 0 saturated carbocycles. The third kappa shape index (κ3) is 3.40. The number of aromatic nitrogens is 1. The molecule has 0 aliphatic heterocycles. The van der Waals surface area contributed by atoms with Gasteiger partial charge in [0.1, 0.15) is 22.5 Å². The van der Waals surface area contributed by atoms with Gasteiger partial charge in [0.2, 0.25) is 0 Å². The molecule has 0 bridgehead atoms. The highest BCUT2D eigenvalue weighted by atomic mass is 79.9. The van der Waals surface area contributed by atoms with E-state index in [0.29, 0.717) is 20.7 Å². The van der Waals surface area contributed by atoms with E-state index >= 15 is 0 Å². The van der Waals surface area contributed by atoms with E-state index in [-0.39, 0.29) is 0 Å². The van der Waals surface area contributed by atoms with E-state index in [4.69, 9.17) is 5.26 Å². The fraction of sp³-hybridized carbons (Fsp3) is 0.0769. The van der Waals surface area contributed by atoms with Gasteiger partial charge in [-0.25, -0.2) is 9.37 Å². The lowest BCUT2D eigenvalue weighted by atomic mass is 10.3. The van der Waals surface area contributed by atoms with Crippen LogP contribution in [-0.4, -0.2) is 4.98 Å². The van der Waals surface area contributed by atoms with Crippen LogP contribution in [0.2, 0.25) is 0 Å². The Morgan fingerprint density at radius 1 is 1.58 bits per heavy atom. The number of halogens is 2. The molecule has 1 heterocycles. The van der Waals surface area contributed by atoms with Gasteiger partial charge in [-0.05, 0) is 25.1 Å². The first-order valence-corrected chi connectivity index (χ1v) is 7.02. The molecule has 19 heavy (non-hydrogen) atoms.